The maximum absolute atomic E-state index is 12.5. The number of H-pyrrole nitrogens is 1. The molecule has 0 unspecified atom stereocenters. The van der Waals surface area contributed by atoms with Crippen molar-refractivity contribution in [2.24, 2.45) is 4.99 Å². The highest BCUT2D eigenvalue weighted by Gasteiger charge is 2.26. The molecule has 1 aromatic heterocycles. The van der Waals surface area contributed by atoms with E-state index >= 15 is 0 Å². The number of fused-ring (bicyclic) bond motifs is 1. The van der Waals surface area contributed by atoms with E-state index in [4.69, 9.17) is 0 Å². The van der Waals surface area contributed by atoms with Gasteiger partial charge >= 0.3 is 5.76 Å². The number of aromatic amines is 1. The summed E-state index contributed by atoms with van der Waals surface area (Å²) in [6, 6.07) is 11.2. The summed E-state index contributed by atoms with van der Waals surface area (Å²) in [4.78, 5) is 17.7. The van der Waals surface area contributed by atoms with Crippen molar-refractivity contribution in [3.63, 3.8) is 0 Å². The molecule has 26 heavy (non-hydrogen) atoms. The van der Waals surface area contributed by atoms with Crippen molar-refractivity contribution in [2.75, 3.05) is 0 Å². The first kappa shape index (κ1) is 17.7. The highest BCUT2D eigenvalue weighted by Crippen LogP contribution is 2.24. The maximum atomic E-state index is 12.5. The third kappa shape index (κ3) is 3.21. The average Bonchev–Trinajstić information content (AvgIpc) is 2.62. The first-order valence-corrected chi connectivity index (χ1v) is 8.85. The minimum absolute atomic E-state index is 0.268. The molecule has 2 N–H and O–H groups in total. The monoisotopic (exact) mass is 378 g/mol. The van der Waals surface area contributed by atoms with Crippen LogP contribution in [0, 0.1) is 0 Å². The Morgan fingerprint density at radius 1 is 1.04 bits per heavy atom. The Kier molecular flexibility index (Phi) is 4.56. The van der Waals surface area contributed by atoms with Gasteiger partial charge in [0.1, 0.15) is 0 Å². The van der Waals surface area contributed by atoms with E-state index in [0.717, 1.165) is 12.1 Å². The first-order chi connectivity index (χ1) is 12.3. The molecular formula is C17H12F2N2O4S. The van der Waals surface area contributed by atoms with E-state index in [0.29, 0.717) is 10.8 Å². The fourth-order valence-corrected chi connectivity index (χ4v) is 3.10. The van der Waals surface area contributed by atoms with E-state index in [1.807, 2.05) is 0 Å². The molecule has 0 saturated carbocycles. The van der Waals surface area contributed by atoms with E-state index < -0.39 is 26.0 Å². The van der Waals surface area contributed by atoms with Crippen molar-refractivity contribution in [2.45, 2.75) is 10.7 Å². The molecule has 2 aromatic carbocycles. The Morgan fingerprint density at radius 3 is 2.27 bits per heavy atom. The van der Waals surface area contributed by atoms with E-state index in [1.54, 1.807) is 24.3 Å². The summed E-state index contributed by atoms with van der Waals surface area (Å²) < 4.78 is 47.8. The molecule has 0 aliphatic rings. The van der Waals surface area contributed by atoms with Crippen molar-refractivity contribution >= 4 is 32.5 Å². The van der Waals surface area contributed by atoms with Crippen LogP contribution in [0.4, 0.5) is 14.5 Å². The SMILES string of the molecule is O=c1[nH]c(O)c(C=Nc2ccc(S(=O)(=O)C(F)F)cc2)c2ccccc12. The fourth-order valence-electron chi connectivity index (χ4n) is 2.38. The molecule has 0 radical (unpaired) electrons. The van der Waals surface area contributed by atoms with Crippen molar-refractivity contribution in [3.05, 3.63) is 64.4 Å². The Morgan fingerprint density at radius 2 is 1.65 bits per heavy atom. The van der Waals surface area contributed by atoms with E-state index in [9.17, 15) is 27.1 Å². The second-order valence-electron chi connectivity index (χ2n) is 5.32. The zero-order valence-electron chi connectivity index (χ0n) is 13.1. The smallest absolute Gasteiger partial charge is 0.341 e. The zero-order chi connectivity index (χ0) is 18.9. The van der Waals surface area contributed by atoms with Crippen LogP contribution in [0.5, 0.6) is 5.88 Å². The lowest BCUT2D eigenvalue weighted by molar-refractivity contribution is 0.234. The van der Waals surface area contributed by atoms with Crippen LogP contribution in [-0.2, 0) is 9.84 Å². The summed E-state index contributed by atoms with van der Waals surface area (Å²) in [5, 5.41) is 10.8. The molecule has 3 rings (SSSR count). The van der Waals surface area contributed by atoms with Crippen LogP contribution in [0.15, 0.2) is 63.2 Å². The number of sulfone groups is 1. The number of pyridine rings is 1. The first-order valence-electron chi connectivity index (χ1n) is 7.31. The molecule has 9 heteroatoms. The summed E-state index contributed by atoms with van der Waals surface area (Å²) in [5.74, 6) is -3.87. The lowest BCUT2D eigenvalue weighted by atomic mass is 10.1. The van der Waals surface area contributed by atoms with Gasteiger partial charge in [-0.1, -0.05) is 18.2 Å². The number of aromatic nitrogens is 1. The molecule has 0 aliphatic heterocycles. The van der Waals surface area contributed by atoms with E-state index in [-0.39, 0.29) is 17.1 Å². The van der Waals surface area contributed by atoms with Gasteiger partial charge in [-0.3, -0.25) is 14.8 Å². The predicted molar refractivity (Wildman–Crippen MR) is 93.1 cm³/mol. The quantitative estimate of drug-likeness (QED) is 0.682. The van der Waals surface area contributed by atoms with Gasteiger partial charge in [-0.05, 0) is 30.3 Å². The number of hydrogen-bond acceptors (Lipinski definition) is 5. The standard InChI is InChI=1S/C17H12F2N2O4S/c18-17(19)26(24,25)11-7-5-10(6-8-11)20-9-14-12-3-1-2-4-13(12)15(22)21-16(14)23/h1-9,17H,(H2,21,22,23). The lowest BCUT2D eigenvalue weighted by Gasteiger charge is -2.05. The second-order valence-corrected chi connectivity index (χ2v) is 7.24. The van der Waals surface area contributed by atoms with Crippen molar-refractivity contribution in [1.29, 1.82) is 0 Å². The van der Waals surface area contributed by atoms with Gasteiger partial charge in [0.05, 0.1) is 16.1 Å². The van der Waals surface area contributed by atoms with Gasteiger partial charge in [-0.25, -0.2) is 8.42 Å². The number of benzene rings is 2. The molecule has 0 amide bonds. The van der Waals surface area contributed by atoms with Gasteiger partial charge < -0.3 is 5.11 Å². The van der Waals surface area contributed by atoms with Crippen molar-refractivity contribution in [1.82, 2.24) is 4.98 Å². The third-order valence-corrected chi connectivity index (χ3v) is 5.09. The van der Waals surface area contributed by atoms with Crippen LogP contribution in [0.3, 0.4) is 0 Å². The number of hydrogen-bond donors (Lipinski definition) is 2. The number of nitrogens with one attached hydrogen (secondary N) is 1. The van der Waals surface area contributed by atoms with Crippen LogP contribution in [0.2, 0.25) is 0 Å². The predicted octanol–water partition coefficient (Wildman–Crippen LogP) is 2.98. The summed E-state index contributed by atoms with van der Waals surface area (Å²) in [5.41, 5.74) is 0.106. The molecule has 3 aromatic rings. The number of aliphatic imine (C=N–C) groups is 1. The molecule has 0 fully saturated rings. The number of nitrogens with zero attached hydrogens (tertiary/aromatic N) is 1. The second kappa shape index (κ2) is 6.68. The number of aromatic hydroxyl groups is 1. The van der Waals surface area contributed by atoms with Gasteiger partial charge in [0.25, 0.3) is 5.56 Å². The van der Waals surface area contributed by atoms with Crippen LogP contribution >= 0.6 is 0 Å². The molecule has 134 valence electrons. The molecule has 1 heterocycles. The summed E-state index contributed by atoms with van der Waals surface area (Å²) in [7, 11) is -4.67. The minimum atomic E-state index is -4.67. The average molecular weight is 378 g/mol. The number of alkyl halides is 2. The largest absolute Gasteiger partial charge is 0.494 e. The Bertz CT molecular complexity index is 1150. The molecule has 0 bridgehead atoms. The summed E-state index contributed by atoms with van der Waals surface area (Å²) in [6.45, 7) is 0. The molecule has 0 spiro atoms. The van der Waals surface area contributed by atoms with E-state index in [2.05, 4.69) is 9.98 Å². The van der Waals surface area contributed by atoms with Crippen LogP contribution in [0.25, 0.3) is 10.8 Å². The lowest BCUT2D eigenvalue weighted by Crippen LogP contribution is -2.10. The van der Waals surface area contributed by atoms with Crippen LogP contribution in [0.1, 0.15) is 5.56 Å². The molecule has 0 saturated heterocycles. The van der Waals surface area contributed by atoms with Gasteiger partial charge in [0.2, 0.25) is 15.7 Å². The molecule has 0 aliphatic carbocycles. The third-order valence-electron chi connectivity index (χ3n) is 3.69. The number of rotatable bonds is 4. The zero-order valence-corrected chi connectivity index (χ0v) is 13.9. The van der Waals surface area contributed by atoms with Crippen molar-refractivity contribution in [3.8, 4) is 5.88 Å². The Labute approximate surface area is 146 Å². The van der Waals surface area contributed by atoms with Gasteiger partial charge in [0, 0.05) is 17.0 Å². The van der Waals surface area contributed by atoms with Gasteiger partial charge in [-0.15, -0.1) is 0 Å². The normalized spacial score (nSPS) is 12.3. The molecule has 6 nitrogen and oxygen atoms in total. The van der Waals surface area contributed by atoms with Gasteiger partial charge in [-0.2, -0.15) is 8.78 Å². The topological polar surface area (TPSA) is 99.6 Å². The Hall–Kier alpha value is -3.07. The van der Waals surface area contributed by atoms with Crippen LogP contribution < -0.4 is 5.56 Å². The minimum Gasteiger partial charge on any atom is -0.494 e. The highest BCUT2D eigenvalue weighted by atomic mass is 32.2. The molecular weight excluding hydrogens is 366 g/mol. The van der Waals surface area contributed by atoms with Gasteiger partial charge in [0.15, 0.2) is 0 Å². The van der Waals surface area contributed by atoms with Crippen molar-refractivity contribution < 1.29 is 22.3 Å². The maximum Gasteiger partial charge on any atom is 0.341 e. The molecule has 0 atom stereocenters. The summed E-state index contributed by atoms with van der Waals surface area (Å²) in [6.07, 6.45) is 1.30. The fraction of sp³-hybridized carbons (Fsp3) is 0.0588. The van der Waals surface area contributed by atoms with E-state index in [1.165, 1.54) is 18.3 Å². The van der Waals surface area contributed by atoms with Crippen LogP contribution in [-0.4, -0.2) is 30.5 Å². The number of halogens is 2. The summed E-state index contributed by atoms with van der Waals surface area (Å²) >= 11 is 0. The highest BCUT2D eigenvalue weighted by molar-refractivity contribution is 7.91. The Balaban J connectivity index is 1.99.